The monoisotopic (exact) mass is 359 g/mol. The number of aliphatic carboxylic acids is 1. The number of carboxylic acid groups (broad SMARTS) is 1. The second kappa shape index (κ2) is 8.31. The molecule has 0 radical (unpaired) electrons. The van der Waals surface area contributed by atoms with Crippen LogP contribution < -0.4 is 10.6 Å². The number of piperidine rings is 2. The Morgan fingerprint density at radius 1 is 1.23 bits per heavy atom. The van der Waals surface area contributed by atoms with E-state index in [9.17, 15) is 14.4 Å². The van der Waals surface area contributed by atoms with Crippen molar-refractivity contribution in [1.29, 1.82) is 0 Å². The van der Waals surface area contributed by atoms with Gasteiger partial charge < -0.3 is 10.4 Å². The van der Waals surface area contributed by atoms with Crippen molar-refractivity contribution < 1.29 is 19.5 Å². The van der Waals surface area contributed by atoms with Gasteiger partial charge in [-0.05, 0) is 56.0 Å². The highest BCUT2D eigenvalue weighted by atomic mass is 16.4. The summed E-state index contributed by atoms with van der Waals surface area (Å²) in [7, 11) is 0. The van der Waals surface area contributed by atoms with Gasteiger partial charge in [0.1, 0.15) is 0 Å². The number of likely N-dealkylation sites (tertiary alicyclic amines) is 1. The van der Waals surface area contributed by atoms with E-state index in [0.717, 1.165) is 31.6 Å². The van der Waals surface area contributed by atoms with Crippen LogP contribution in [0.1, 0.15) is 37.2 Å². The summed E-state index contributed by atoms with van der Waals surface area (Å²) >= 11 is 0. The Balaban J connectivity index is 1.53. The number of amides is 2. The van der Waals surface area contributed by atoms with Crippen LogP contribution in [0.3, 0.4) is 0 Å². The van der Waals surface area contributed by atoms with Crippen LogP contribution in [-0.4, -0.2) is 54.0 Å². The number of hydrogen-bond acceptors (Lipinski definition) is 5. The molecule has 7 heteroatoms. The third kappa shape index (κ3) is 4.82. The second-order valence-electron chi connectivity index (χ2n) is 7.10. The highest BCUT2D eigenvalue weighted by Crippen LogP contribution is 2.29. The molecular weight excluding hydrogens is 334 g/mol. The van der Waals surface area contributed by atoms with Crippen LogP contribution in [0.2, 0.25) is 0 Å². The summed E-state index contributed by atoms with van der Waals surface area (Å²) < 4.78 is 0. The molecule has 2 fully saturated rings. The summed E-state index contributed by atoms with van der Waals surface area (Å²) in [4.78, 5) is 35.8. The van der Waals surface area contributed by atoms with Gasteiger partial charge in [-0.1, -0.05) is 12.1 Å². The normalized spacial score (nSPS) is 22.1. The molecule has 0 aliphatic carbocycles. The van der Waals surface area contributed by atoms with Gasteiger partial charge in [0, 0.05) is 18.7 Å². The predicted octanol–water partition coefficient (Wildman–Crippen LogP) is 1.42. The molecule has 2 heterocycles. The van der Waals surface area contributed by atoms with Crippen molar-refractivity contribution in [2.75, 3.05) is 31.5 Å². The van der Waals surface area contributed by atoms with Gasteiger partial charge in [0.15, 0.2) is 0 Å². The molecule has 2 saturated heterocycles. The summed E-state index contributed by atoms with van der Waals surface area (Å²) in [5, 5.41) is 14.6. The minimum absolute atomic E-state index is 0.111. The smallest absolute Gasteiger partial charge is 0.317 e. The first-order chi connectivity index (χ1) is 12.5. The average molecular weight is 359 g/mol. The van der Waals surface area contributed by atoms with Crippen LogP contribution in [0.25, 0.3) is 0 Å². The zero-order chi connectivity index (χ0) is 18.5. The number of carboxylic acids is 1. The maximum Gasteiger partial charge on any atom is 0.317 e. The van der Waals surface area contributed by atoms with Gasteiger partial charge in [0.2, 0.25) is 11.8 Å². The maximum atomic E-state index is 11.8. The molecule has 0 aromatic heterocycles. The summed E-state index contributed by atoms with van der Waals surface area (Å²) in [6.07, 6.45) is 2.88. The largest absolute Gasteiger partial charge is 0.480 e. The number of nitrogens with zero attached hydrogens (tertiary/aromatic N) is 1. The maximum absolute atomic E-state index is 11.8. The Morgan fingerprint density at radius 3 is 2.69 bits per heavy atom. The van der Waals surface area contributed by atoms with Gasteiger partial charge in [0.25, 0.3) is 0 Å². The summed E-state index contributed by atoms with van der Waals surface area (Å²) in [6, 6.07) is 8.21. The van der Waals surface area contributed by atoms with E-state index in [0.29, 0.717) is 25.3 Å². The topological polar surface area (TPSA) is 98.7 Å². The molecule has 26 heavy (non-hydrogen) atoms. The van der Waals surface area contributed by atoms with Crippen LogP contribution in [0.15, 0.2) is 24.3 Å². The van der Waals surface area contributed by atoms with Crippen molar-refractivity contribution in [3.63, 3.8) is 0 Å². The van der Waals surface area contributed by atoms with Crippen molar-refractivity contribution in [3.05, 3.63) is 29.8 Å². The standard InChI is InChI=1S/C19H25N3O4/c23-17-5-4-15(19(26)21-17)11-20-16-3-1-2-14(10-16)13-6-8-22(9-7-13)12-18(24)25/h1-3,10,13,15,20H,4-9,11-12H2,(H,24,25)(H,21,23,26). The lowest BCUT2D eigenvalue weighted by Gasteiger charge is -2.31. The van der Waals surface area contributed by atoms with Crippen molar-refractivity contribution in [3.8, 4) is 0 Å². The van der Waals surface area contributed by atoms with E-state index in [-0.39, 0.29) is 24.3 Å². The van der Waals surface area contributed by atoms with Gasteiger partial charge >= 0.3 is 5.97 Å². The number of hydrogen-bond donors (Lipinski definition) is 3. The van der Waals surface area contributed by atoms with Crippen molar-refractivity contribution in [1.82, 2.24) is 10.2 Å². The average Bonchev–Trinajstić information content (AvgIpc) is 2.61. The molecule has 7 nitrogen and oxygen atoms in total. The van der Waals surface area contributed by atoms with E-state index in [1.54, 1.807) is 0 Å². The first-order valence-electron chi connectivity index (χ1n) is 9.13. The number of carbonyl (C=O) groups excluding carboxylic acids is 2. The van der Waals surface area contributed by atoms with E-state index >= 15 is 0 Å². The molecule has 3 N–H and O–H groups in total. The molecule has 2 aliphatic rings. The first-order valence-corrected chi connectivity index (χ1v) is 9.13. The van der Waals surface area contributed by atoms with E-state index in [2.05, 4.69) is 22.8 Å². The number of anilines is 1. The molecule has 1 unspecified atom stereocenters. The quantitative estimate of drug-likeness (QED) is 0.665. The van der Waals surface area contributed by atoms with Crippen LogP contribution in [-0.2, 0) is 14.4 Å². The Hall–Kier alpha value is -2.41. The molecule has 1 aromatic carbocycles. The molecule has 1 atom stereocenters. The minimum Gasteiger partial charge on any atom is -0.480 e. The number of benzene rings is 1. The Bertz CT molecular complexity index is 683. The van der Waals surface area contributed by atoms with Crippen molar-refractivity contribution >= 4 is 23.5 Å². The fraction of sp³-hybridized carbons (Fsp3) is 0.526. The highest BCUT2D eigenvalue weighted by molar-refractivity contribution is 5.98. The molecule has 140 valence electrons. The van der Waals surface area contributed by atoms with E-state index in [1.807, 2.05) is 17.0 Å². The van der Waals surface area contributed by atoms with Gasteiger partial charge in [0.05, 0.1) is 12.5 Å². The van der Waals surface area contributed by atoms with Gasteiger partial charge in [-0.2, -0.15) is 0 Å². The minimum atomic E-state index is -0.775. The molecule has 0 bridgehead atoms. The molecule has 2 amide bonds. The predicted molar refractivity (Wildman–Crippen MR) is 96.9 cm³/mol. The summed E-state index contributed by atoms with van der Waals surface area (Å²) in [6.45, 7) is 2.22. The van der Waals surface area contributed by atoms with Crippen molar-refractivity contribution in [2.24, 2.45) is 5.92 Å². The lowest BCUT2D eigenvalue weighted by Crippen LogP contribution is -2.43. The van der Waals surface area contributed by atoms with Gasteiger partial charge in [-0.3, -0.25) is 24.6 Å². The lowest BCUT2D eigenvalue weighted by molar-refractivity contribution is -0.139. The van der Waals surface area contributed by atoms with Crippen LogP contribution in [0, 0.1) is 5.92 Å². The fourth-order valence-corrected chi connectivity index (χ4v) is 3.69. The molecular formula is C19H25N3O4. The Kier molecular flexibility index (Phi) is 5.88. The summed E-state index contributed by atoms with van der Waals surface area (Å²) in [5.74, 6) is -0.922. The fourth-order valence-electron chi connectivity index (χ4n) is 3.69. The molecule has 2 aliphatic heterocycles. The van der Waals surface area contributed by atoms with Crippen LogP contribution in [0.4, 0.5) is 5.69 Å². The number of nitrogens with one attached hydrogen (secondary N) is 2. The Labute approximate surface area is 152 Å². The van der Waals surface area contributed by atoms with E-state index in [1.165, 1.54) is 5.56 Å². The molecule has 3 rings (SSSR count). The van der Waals surface area contributed by atoms with Crippen molar-refractivity contribution in [2.45, 2.75) is 31.6 Å². The van der Waals surface area contributed by atoms with E-state index < -0.39 is 5.97 Å². The van der Waals surface area contributed by atoms with E-state index in [4.69, 9.17) is 5.11 Å². The van der Waals surface area contributed by atoms with Gasteiger partial charge in [-0.25, -0.2) is 0 Å². The third-order valence-electron chi connectivity index (χ3n) is 5.21. The SMILES string of the molecule is O=C(O)CN1CCC(c2cccc(NCC3CCC(=O)NC3=O)c2)CC1. The van der Waals surface area contributed by atoms with Crippen LogP contribution >= 0.6 is 0 Å². The van der Waals surface area contributed by atoms with Crippen LogP contribution in [0.5, 0.6) is 0 Å². The summed E-state index contributed by atoms with van der Waals surface area (Å²) in [5.41, 5.74) is 2.22. The molecule has 1 aromatic rings. The number of carbonyl (C=O) groups is 3. The Morgan fingerprint density at radius 2 is 2.00 bits per heavy atom. The molecule has 0 spiro atoms. The van der Waals surface area contributed by atoms with Gasteiger partial charge in [-0.15, -0.1) is 0 Å². The number of imide groups is 1. The zero-order valence-electron chi connectivity index (χ0n) is 14.7. The zero-order valence-corrected chi connectivity index (χ0v) is 14.7. The third-order valence-corrected chi connectivity index (χ3v) is 5.21. The lowest BCUT2D eigenvalue weighted by atomic mass is 9.89. The first kappa shape index (κ1) is 18.4. The molecule has 0 saturated carbocycles. The highest BCUT2D eigenvalue weighted by Gasteiger charge is 2.26. The number of rotatable bonds is 6. The second-order valence-corrected chi connectivity index (χ2v) is 7.10.